The zero-order chi connectivity index (χ0) is 13.2. The molecule has 2 N–H and O–H groups in total. The van der Waals surface area contributed by atoms with E-state index in [1.54, 1.807) is 6.20 Å². The average molecular weight is 246 g/mol. The summed E-state index contributed by atoms with van der Waals surface area (Å²) in [4.78, 5) is 15.9. The first-order chi connectivity index (χ1) is 8.46. The molecular formula is C13H18N4O. The van der Waals surface area contributed by atoms with Gasteiger partial charge in [-0.25, -0.2) is 4.98 Å². The minimum atomic E-state index is -0.209. The van der Waals surface area contributed by atoms with E-state index in [2.05, 4.69) is 15.6 Å². The van der Waals surface area contributed by atoms with Crippen LogP contribution >= 0.6 is 0 Å². The van der Waals surface area contributed by atoms with Gasteiger partial charge in [0.05, 0.1) is 6.54 Å². The lowest BCUT2D eigenvalue weighted by molar-refractivity contribution is -0.120. The summed E-state index contributed by atoms with van der Waals surface area (Å²) in [5.41, 5.74) is 0.649. The number of aromatic nitrogens is 2. The van der Waals surface area contributed by atoms with Gasteiger partial charge < -0.3 is 10.6 Å². The predicted molar refractivity (Wildman–Crippen MR) is 71.6 cm³/mol. The Bertz CT molecular complexity index is 553. The molecule has 0 spiro atoms. The van der Waals surface area contributed by atoms with Gasteiger partial charge in [-0.3, -0.25) is 9.20 Å². The Labute approximate surface area is 106 Å². The Kier molecular flexibility index (Phi) is 3.23. The van der Waals surface area contributed by atoms with Crippen molar-refractivity contribution in [2.75, 3.05) is 11.9 Å². The number of carbonyl (C=O) groups is 1. The SMILES string of the molecule is CC(C)(C)NC(=O)CNc1cccc2nccn12. The molecule has 5 nitrogen and oxygen atoms in total. The second kappa shape index (κ2) is 4.68. The van der Waals surface area contributed by atoms with Crippen molar-refractivity contribution in [1.29, 1.82) is 0 Å². The third kappa shape index (κ3) is 3.00. The van der Waals surface area contributed by atoms with Crippen molar-refractivity contribution in [3.63, 3.8) is 0 Å². The molecule has 18 heavy (non-hydrogen) atoms. The van der Waals surface area contributed by atoms with Gasteiger partial charge in [0, 0.05) is 17.9 Å². The first-order valence-corrected chi connectivity index (χ1v) is 5.93. The molecule has 0 saturated carbocycles. The lowest BCUT2D eigenvalue weighted by atomic mass is 10.1. The molecule has 0 aliphatic heterocycles. The van der Waals surface area contributed by atoms with Crippen LogP contribution in [-0.2, 0) is 4.79 Å². The first kappa shape index (κ1) is 12.4. The van der Waals surface area contributed by atoms with Crippen LogP contribution < -0.4 is 10.6 Å². The van der Waals surface area contributed by atoms with E-state index in [9.17, 15) is 4.79 Å². The van der Waals surface area contributed by atoms with Crippen LogP contribution in [0.1, 0.15) is 20.8 Å². The molecule has 0 saturated heterocycles. The van der Waals surface area contributed by atoms with Crippen molar-refractivity contribution in [1.82, 2.24) is 14.7 Å². The largest absolute Gasteiger partial charge is 0.362 e. The molecule has 1 amide bonds. The van der Waals surface area contributed by atoms with E-state index < -0.39 is 0 Å². The van der Waals surface area contributed by atoms with Gasteiger partial charge in [-0.05, 0) is 32.9 Å². The fraction of sp³-hybridized carbons (Fsp3) is 0.385. The van der Waals surface area contributed by atoms with E-state index in [-0.39, 0.29) is 18.0 Å². The van der Waals surface area contributed by atoms with E-state index >= 15 is 0 Å². The van der Waals surface area contributed by atoms with Crippen molar-refractivity contribution >= 4 is 17.4 Å². The summed E-state index contributed by atoms with van der Waals surface area (Å²) in [6, 6.07) is 5.74. The maximum Gasteiger partial charge on any atom is 0.239 e. The van der Waals surface area contributed by atoms with Crippen LogP contribution in [-0.4, -0.2) is 27.4 Å². The van der Waals surface area contributed by atoms with Crippen molar-refractivity contribution in [2.45, 2.75) is 26.3 Å². The number of nitrogens with one attached hydrogen (secondary N) is 2. The van der Waals surface area contributed by atoms with Crippen LogP contribution in [0.4, 0.5) is 5.82 Å². The summed E-state index contributed by atoms with van der Waals surface area (Å²) < 4.78 is 1.91. The first-order valence-electron chi connectivity index (χ1n) is 5.93. The highest BCUT2D eigenvalue weighted by molar-refractivity contribution is 5.81. The Balaban J connectivity index is 2.02. The van der Waals surface area contributed by atoms with Crippen LogP contribution in [0.15, 0.2) is 30.6 Å². The lowest BCUT2D eigenvalue weighted by Gasteiger charge is -2.20. The Morgan fingerprint density at radius 2 is 2.17 bits per heavy atom. The second-order valence-corrected chi connectivity index (χ2v) is 5.22. The zero-order valence-corrected chi connectivity index (χ0v) is 10.9. The number of anilines is 1. The number of carbonyl (C=O) groups excluding carboxylic acids is 1. The number of imidazole rings is 1. The molecule has 0 aliphatic rings. The maximum atomic E-state index is 11.7. The van der Waals surface area contributed by atoms with Gasteiger partial charge in [-0.2, -0.15) is 0 Å². The van der Waals surface area contributed by atoms with Crippen molar-refractivity contribution in [3.8, 4) is 0 Å². The van der Waals surface area contributed by atoms with Crippen LogP contribution in [0.5, 0.6) is 0 Å². The molecule has 2 aromatic rings. The number of hydrogen-bond donors (Lipinski definition) is 2. The molecule has 2 rings (SSSR count). The normalized spacial score (nSPS) is 11.5. The van der Waals surface area contributed by atoms with Gasteiger partial charge in [0.25, 0.3) is 0 Å². The fourth-order valence-corrected chi connectivity index (χ4v) is 1.72. The number of pyridine rings is 1. The Morgan fingerprint density at radius 3 is 2.89 bits per heavy atom. The molecule has 2 aromatic heterocycles. The summed E-state index contributed by atoms with van der Waals surface area (Å²) >= 11 is 0. The van der Waals surface area contributed by atoms with Gasteiger partial charge in [0.1, 0.15) is 11.5 Å². The molecule has 0 unspecified atom stereocenters. The topological polar surface area (TPSA) is 58.4 Å². The summed E-state index contributed by atoms with van der Waals surface area (Å²) in [7, 11) is 0. The van der Waals surface area contributed by atoms with Gasteiger partial charge >= 0.3 is 0 Å². The highest BCUT2D eigenvalue weighted by atomic mass is 16.2. The van der Waals surface area contributed by atoms with E-state index in [4.69, 9.17) is 0 Å². The minimum absolute atomic E-state index is 0.0281. The molecular weight excluding hydrogens is 228 g/mol. The number of nitrogens with zero attached hydrogens (tertiary/aromatic N) is 2. The molecule has 0 aromatic carbocycles. The van der Waals surface area contributed by atoms with E-state index in [0.717, 1.165) is 11.5 Å². The number of amides is 1. The number of fused-ring (bicyclic) bond motifs is 1. The number of rotatable bonds is 3. The molecule has 0 fully saturated rings. The highest BCUT2D eigenvalue weighted by Crippen LogP contribution is 2.10. The molecule has 0 bridgehead atoms. The van der Waals surface area contributed by atoms with Crippen molar-refractivity contribution in [2.24, 2.45) is 0 Å². The molecule has 0 radical (unpaired) electrons. The standard InChI is InChI=1S/C13H18N4O/c1-13(2,3)16-12(18)9-15-11-6-4-5-10-14-7-8-17(10)11/h4-8,15H,9H2,1-3H3,(H,16,18). The quantitative estimate of drug-likeness (QED) is 0.866. The second-order valence-electron chi connectivity index (χ2n) is 5.22. The van der Waals surface area contributed by atoms with Crippen LogP contribution in [0.2, 0.25) is 0 Å². The van der Waals surface area contributed by atoms with Crippen molar-refractivity contribution in [3.05, 3.63) is 30.6 Å². The van der Waals surface area contributed by atoms with Gasteiger partial charge in [0.15, 0.2) is 0 Å². The molecule has 2 heterocycles. The summed E-state index contributed by atoms with van der Waals surface area (Å²) in [5.74, 6) is 0.827. The van der Waals surface area contributed by atoms with Gasteiger partial charge in [-0.15, -0.1) is 0 Å². The van der Waals surface area contributed by atoms with Gasteiger partial charge in [0.2, 0.25) is 5.91 Å². The van der Waals surface area contributed by atoms with Crippen LogP contribution in [0, 0.1) is 0 Å². The van der Waals surface area contributed by atoms with E-state index in [1.807, 2.05) is 49.6 Å². The smallest absolute Gasteiger partial charge is 0.239 e. The lowest BCUT2D eigenvalue weighted by Crippen LogP contribution is -2.43. The summed E-state index contributed by atoms with van der Waals surface area (Å²) in [6.07, 6.45) is 3.59. The van der Waals surface area contributed by atoms with E-state index in [0.29, 0.717) is 0 Å². The summed E-state index contributed by atoms with van der Waals surface area (Å²) in [5, 5.41) is 6.01. The number of hydrogen-bond acceptors (Lipinski definition) is 3. The zero-order valence-electron chi connectivity index (χ0n) is 10.9. The Hall–Kier alpha value is -2.04. The molecule has 0 aliphatic carbocycles. The maximum absolute atomic E-state index is 11.7. The molecule has 0 atom stereocenters. The highest BCUT2D eigenvalue weighted by Gasteiger charge is 2.13. The minimum Gasteiger partial charge on any atom is -0.362 e. The summed E-state index contributed by atoms with van der Waals surface area (Å²) in [6.45, 7) is 6.12. The molecule has 96 valence electrons. The van der Waals surface area contributed by atoms with Crippen molar-refractivity contribution < 1.29 is 4.79 Å². The predicted octanol–water partition coefficient (Wildman–Crippen LogP) is 1.66. The third-order valence-corrected chi connectivity index (χ3v) is 2.37. The van der Waals surface area contributed by atoms with Crippen LogP contribution in [0.25, 0.3) is 5.65 Å². The van der Waals surface area contributed by atoms with Gasteiger partial charge in [-0.1, -0.05) is 6.07 Å². The fourth-order valence-electron chi connectivity index (χ4n) is 1.72. The average Bonchev–Trinajstić information content (AvgIpc) is 2.72. The van der Waals surface area contributed by atoms with Crippen LogP contribution in [0.3, 0.4) is 0 Å². The monoisotopic (exact) mass is 246 g/mol. The molecule has 5 heteroatoms. The van der Waals surface area contributed by atoms with E-state index in [1.165, 1.54) is 0 Å². The third-order valence-electron chi connectivity index (χ3n) is 2.37. The Morgan fingerprint density at radius 1 is 1.39 bits per heavy atom.